The quantitative estimate of drug-likeness (QED) is 0.0716. The summed E-state index contributed by atoms with van der Waals surface area (Å²) in [5, 5.41) is 1.77. The molecule has 0 saturated carbocycles. The van der Waals surface area contributed by atoms with E-state index in [1.165, 1.54) is 0 Å². The molecule has 0 aromatic heterocycles. The smallest absolute Gasteiger partial charge is 0.177 e. The number of alkyl halides is 1. The first-order valence-corrected chi connectivity index (χ1v) is 22.3. The number of hydrogen-bond donors (Lipinski definition) is 0. The largest absolute Gasteiger partial charge is 0.497 e. The summed E-state index contributed by atoms with van der Waals surface area (Å²) in [7, 11) is 4.91. The number of methoxy groups -OCH3 is 3. The molecular formula is C53H63FO9. The normalized spacial score (nSPS) is 20.0. The fraction of sp³-hybridized carbons (Fsp3) is 0.453. The molecule has 0 spiro atoms. The summed E-state index contributed by atoms with van der Waals surface area (Å²) in [4.78, 5) is 13.0. The van der Waals surface area contributed by atoms with E-state index in [9.17, 15) is 9.18 Å². The molecular weight excluding hydrogens is 800 g/mol. The molecule has 2 aliphatic carbocycles. The average Bonchev–Trinajstić information content (AvgIpc) is 3.59. The van der Waals surface area contributed by atoms with Gasteiger partial charge in [0.25, 0.3) is 0 Å². The zero-order valence-electron chi connectivity index (χ0n) is 38.1. The lowest BCUT2D eigenvalue weighted by Crippen LogP contribution is -2.37. The van der Waals surface area contributed by atoms with Gasteiger partial charge in [-0.1, -0.05) is 68.0 Å². The molecule has 0 radical (unpaired) electrons. The molecule has 7 rings (SSSR count). The Morgan fingerprint density at radius 3 is 2.29 bits per heavy atom. The average molecular weight is 863 g/mol. The van der Waals surface area contributed by atoms with Gasteiger partial charge in [-0.05, 0) is 111 Å². The molecule has 10 heteroatoms. The minimum Gasteiger partial charge on any atom is -0.497 e. The van der Waals surface area contributed by atoms with Gasteiger partial charge in [0.1, 0.15) is 28.9 Å². The van der Waals surface area contributed by atoms with Gasteiger partial charge in [0, 0.05) is 41.5 Å². The minimum atomic E-state index is -1.09. The molecule has 1 heterocycles. The van der Waals surface area contributed by atoms with Crippen molar-refractivity contribution < 1.29 is 47.1 Å². The van der Waals surface area contributed by atoms with Gasteiger partial charge in [-0.2, -0.15) is 0 Å². The van der Waals surface area contributed by atoms with Crippen LogP contribution in [0.2, 0.25) is 0 Å². The third-order valence-electron chi connectivity index (χ3n) is 12.5. The first-order valence-electron chi connectivity index (χ1n) is 22.3. The first-order chi connectivity index (χ1) is 30.4. The number of unbranched alkanes of at least 4 members (excludes halogenated alkanes) is 2. The van der Waals surface area contributed by atoms with Crippen molar-refractivity contribution in [3.05, 3.63) is 113 Å². The maximum Gasteiger partial charge on any atom is 0.177 e. The molecule has 0 saturated heterocycles. The fourth-order valence-corrected chi connectivity index (χ4v) is 9.16. The van der Waals surface area contributed by atoms with Crippen molar-refractivity contribution in [1.82, 2.24) is 0 Å². The van der Waals surface area contributed by atoms with Crippen molar-refractivity contribution in [2.75, 3.05) is 54.4 Å². The lowest BCUT2D eigenvalue weighted by molar-refractivity contribution is -0.142. The third-order valence-corrected chi connectivity index (χ3v) is 12.5. The van der Waals surface area contributed by atoms with Gasteiger partial charge >= 0.3 is 0 Å². The predicted molar refractivity (Wildman–Crippen MR) is 246 cm³/mol. The number of rotatable bonds is 22. The standard InChI is InChI=1S/C53H63FO9/c1-9-52(62-32-30-59-29-31-61-51(4,5)47(55)17-11-10-14-28-60-35(2)3)44-16-13-12-15-40(44)48-42-33-45(57-7)46(58-8)34-43(42)50-41(49(48)52)26-27-53(63-50,36-18-22-38(54)23-19-36)37-20-24-39(56-6)25-21-37/h12-13,15-16,18-22,24-27,33-35,38H,9-11,14,17,23,28-32H2,1-8H3. The van der Waals surface area contributed by atoms with Crippen LogP contribution in [0.4, 0.5) is 4.39 Å². The van der Waals surface area contributed by atoms with E-state index >= 15 is 0 Å². The molecule has 3 unspecified atom stereocenters. The van der Waals surface area contributed by atoms with Gasteiger partial charge < -0.3 is 37.9 Å². The number of carbonyl (C=O) groups is 1. The van der Waals surface area contributed by atoms with E-state index < -0.39 is 23.0 Å². The van der Waals surface area contributed by atoms with E-state index in [2.05, 4.69) is 43.3 Å². The van der Waals surface area contributed by atoms with Crippen molar-refractivity contribution in [2.24, 2.45) is 0 Å². The van der Waals surface area contributed by atoms with Crippen molar-refractivity contribution in [1.29, 1.82) is 0 Å². The van der Waals surface area contributed by atoms with Crippen LogP contribution in [-0.2, 0) is 34.9 Å². The van der Waals surface area contributed by atoms with Crippen LogP contribution in [0, 0.1) is 0 Å². The van der Waals surface area contributed by atoms with E-state index in [0.717, 1.165) is 74.7 Å². The Bertz CT molecular complexity index is 2340. The molecule has 4 aromatic carbocycles. The van der Waals surface area contributed by atoms with Crippen molar-refractivity contribution >= 4 is 22.6 Å². The van der Waals surface area contributed by atoms with Crippen LogP contribution in [0.25, 0.3) is 28.0 Å². The Morgan fingerprint density at radius 2 is 1.60 bits per heavy atom. The van der Waals surface area contributed by atoms with Crippen LogP contribution in [0.1, 0.15) is 95.4 Å². The number of ketones is 1. The molecule has 9 nitrogen and oxygen atoms in total. The summed E-state index contributed by atoms with van der Waals surface area (Å²) >= 11 is 0. The summed E-state index contributed by atoms with van der Waals surface area (Å²) < 4.78 is 64.3. The first kappa shape index (κ1) is 46.0. The molecule has 0 bridgehead atoms. The lowest BCUT2D eigenvalue weighted by atomic mass is 9.78. The Balaban J connectivity index is 1.19. The summed E-state index contributed by atoms with van der Waals surface area (Å²) in [6, 6.07) is 20.2. The topological polar surface area (TPSA) is 90.9 Å². The van der Waals surface area contributed by atoms with Crippen LogP contribution in [0.5, 0.6) is 23.0 Å². The Morgan fingerprint density at radius 1 is 0.873 bits per heavy atom. The van der Waals surface area contributed by atoms with Crippen molar-refractivity contribution in [3.8, 4) is 34.1 Å². The molecule has 63 heavy (non-hydrogen) atoms. The number of halogens is 1. The monoisotopic (exact) mass is 862 g/mol. The SMILES string of the molecule is CCC1(OCCOCCOC(C)(C)C(=O)CCCCCOC(C)C)c2ccccc2-c2c1c1c(c3cc(OC)c(OC)cc23)OC(C2=CCC(F)C=C2)(c2ccc(OC)cc2)C=C1. The zero-order valence-corrected chi connectivity index (χ0v) is 38.1. The second-order valence-electron chi connectivity index (χ2n) is 17.1. The Labute approximate surface area is 372 Å². The second kappa shape index (κ2) is 19.8. The number of benzene rings is 4. The highest BCUT2D eigenvalue weighted by atomic mass is 19.1. The number of ether oxygens (including phenoxy) is 8. The highest BCUT2D eigenvalue weighted by Gasteiger charge is 2.49. The molecule has 4 aromatic rings. The highest BCUT2D eigenvalue weighted by molar-refractivity contribution is 6.09. The van der Waals surface area contributed by atoms with Gasteiger partial charge in [-0.15, -0.1) is 0 Å². The van der Waals surface area contributed by atoms with Crippen molar-refractivity contribution in [3.63, 3.8) is 0 Å². The van der Waals surface area contributed by atoms with E-state index in [0.29, 0.717) is 56.5 Å². The van der Waals surface area contributed by atoms with Crippen LogP contribution >= 0.6 is 0 Å². The lowest BCUT2D eigenvalue weighted by Gasteiger charge is -2.40. The minimum absolute atomic E-state index is 0.0885. The Hall–Kier alpha value is -5.00. The number of Topliss-reactive ketones (excluding diaryl/α,β-unsaturated/α-hetero) is 1. The summed E-state index contributed by atoms with van der Waals surface area (Å²) in [6.07, 6.45) is 12.8. The van der Waals surface area contributed by atoms with Gasteiger partial charge in [-0.25, -0.2) is 4.39 Å². The molecule has 3 aliphatic rings. The van der Waals surface area contributed by atoms with E-state index in [1.807, 2.05) is 76.2 Å². The molecule has 3 atom stereocenters. The Kier molecular flexibility index (Phi) is 14.5. The zero-order chi connectivity index (χ0) is 44.8. The molecule has 0 fully saturated rings. The van der Waals surface area contributed by atoms with Gasteiger partial charge in [0.05, 0.1) is 53.9 Å². The number of hydrogen-bond acceptors (Lipinski definition) is 9. The molecule has 0 amide bonds. The third kappa shape index (κ3) is 9.19. The summed E-state index contributed by atoms with van der Waals surface area (Å²) in [5.74, 6) is 2.62. The van der Waals surface area contributed by atoms with Gasteiger partial charge in [0.2, 0.25) is 0 Å². The van der Waals surface area contributed by atoms with E-state index in [4.69, 9.17) is 37.9 Å². The molecule has 336 valence electrons. The number of fused-ring (bicyclic) bond motifs is 8. The van der Waals surface area contributed by atoms with Crippen molar-refractivity contribution in [2.45, 2.75) is 102 Å². The maximum absolute atomic E-state index is 14.6. The fourth-order valence-electron chi connectivity index (χ4n) is 9.16. The van der Waals surface area contributed by atoms with Crippen LogP contribution in [0.15, 0.2) is 90.5 Å². The van der Waals surface area contributed by atoms with E-state index in [-0.39, 0.29) is 24.9 Å². The number of carbonyl (C=O) groups excluding carboxylic acids is 1. The highest BCUT2D eigenvalue weighted by Crippen LogP contribution is 2.60. The predicted octanol–water partition coefficient (Wildman–Crippen LogP) is 11.4. The molecule has 0 N–H and O–H groups in total. The van der Waals surface area contributed by atoms with Crippen LogP contribution in [-0.4, -0.2) is 78.0 Å². The van der Waals surface area contributed by atoms with Gasteiger partial charge in [0.15, 0.2) is 22.9 Å². The van der Waals surface area contributed by atoms with Crippen LogP contribution in [0.3, 0.4) is 0 Å². The maximum atomic E-state index is 14.6. The van der Waals surface area contributed by atoms with Crippen LogP contribution < -0.4 is 18.9 Å². The molecule has 1 aliphatic heterocycles. The van der Waals surface area contributed by atoms with Gasteiger partial charge in [-0.3, -0.25) is 4.79 Å². The second-order valence-corrected chi connectivity index (χ2v) is 17.1. The summed E-state index contributed by atoms with van der Waals surface area (Å²) in [6.45, 7) is 11.8. The summed E-state index contributed by atoms with van der Waals surface area (Å²) in [5.41, 5.74) is 3.87. The number of allylic oxidation sites excluding steroid dienone is 2. The van der Waals surface area contributed by atoms with E-state index in [1.54, 1.807) is 27.4 Å².